The van der Waals surface area contributed by atoms with Crippen LogP contribution in [0.25, 0.3) is 0 Å². The van der Waals surface area contributed by atoms with Crippen molar-refractivity contribution in [1.29, 1.82) is 0 Å². The van der Waals surface area contributed by atoms with E-state index >= 15 is 0 Å². The second kappa shape index (κ2) is 5.51. The average Bonchev–Trinajstić information content (AvgIpc) is 3.03. The van der Waals surface area contributed by atoms with E-state index in [-0.39, 0.29) is 0 Å². The van der Waals surface area contributed by atoms with Crippen LogP contribution in [-0.4, -0.2) is 19.2 Å². The van der Waals surface area contributed by atoms with E-state index in [0.717, 1.165) is 24.4 Å². The molecule has 19 heavy (non-hydrogen) atoms. The SMILES string of the molecule is Cc1cc(Cl)cc(Cl)c1OC(C1CC1)[C@H]1CCNC1. The molecule has 1 N–H and O–H groups in total. The van der Waals surface area contributed by atoms with E-state index < -0.39 is 0 Å². The van der Waals surface area contributed by atoms with Crippen molar-refractivity contribution in [3.05, 3.63) is 27.7 Å². The largest absolute Gasteiger partial charge is 0.488 e. The van der Waals surface area contributed by atoms with E-state index in [9.17, 15) is 0 Å². The molecule has 2 atom stereocenters. The lowest BCUT2D eigenvalue weighted by Gasteiger charge is -2.26. The minimum absolute atomic E-state index is 0.298. The van der Waals surface area contributed by atoms with Gasteiger partial charge in [-0.25, -0.2) is 0 Å². The Morgan fingerprint density at radius 2 is 2.00 bits per heavy atom. The number of hydrogen-bond acceptors (Lipinski definition) is 2. The number of halogens is 2. The molecule has 1 aromatic carbocycles. The highest BCUT2D eigenvalue weighted by Crippen LogP contribution is 2.42. The molecule has 1 heterocycles. The predicted molar refractivity (Wildman–Crippen MR) is 79.3 cm³/mol. The number of aryl methyl sites for hydroxylation is 1. The van der Waals surface area contributed by atoms with E-state index in [0.29, 0.717) is 28.0 Å². The standard InChI is InChI=1S/C15H19Cl2NO/c1-9-6-12(16)7-13(17)14(9)19-15(10-2-3-10)11-4-5-18-8-11/h6-7,10-11,15,18H,2-5,8H2,1H3/t11-,15?/m0/s1. The third-order valence-corrected chi connectivity index (χ3v) is 4.60. The van der Waals surface area contributed by atoms with Crippen LogP contribution < -0.4 is 10.1 Å². The summed E-state index contributed by atoms with van der Waals surface area (Å²) in [6, 6.07) is 3.68. The fourth-order valence-electron chi connectivity index (χ4n) is 2.93. The third kappa shape index (κ3) is 3.01. The Balaban J connectivity index is 1.81. The maximum absolute atomic E-state index is 6.31. The van der Waals surface area contributed by atoms with Gasteiger partial charge in [-0.1, -0.05) is 23.2 Å². The van der Waals surface area contributed by atoms with Crippen molar-refractivity contribution in [2.24, 2.45) is 11.8 Å². The van der Waals surface area contributed by atoms with E-state index in [1.54, 1.807) is 6.07 Å². The fraction of sp³-hybridized carbons (Fsp3) is 0.600. The summed E-state index contributed by atoms with van der Waals surface area (Å²) in [4.78, 5) is 0. The van der Waals surface area contributed by atoms with Crippen molar-refractivity contribution in [1.82, 2.24) is 5.32 Å². The van der Waals surface area contributed by atoms with Gasteiger partial charge in [0.2, 0.25) is 0 Å². The molecule has 1 aromatic rings. The van der Waals surface area contributed by atoms with Crippen molar-refractivity contribution in [2.75, 3.05) is 13.1 Å². The van der Waals surface area contributed by atoms with Crippen molar-refractivity contribution in [3.8, 4) is 5.75 Å². The monoisotopic (exact) mass is 299 g/mol. The first kappa shape index (κ1) is 13.5. The van der Waals surface area contributed by atoms with Gasteiger partial charge in [0.25, 0.3) is 0 Å². The number of hydrogen-bond donors (Lipinski definition) is 1. The molecule has 0 radical (unpaired) electrons. The Bertz CT molecular complexity index is 444. The number of benzene rings is 1. The van der Waals surface area contributed by atoms with Crippen molar-refractivity contribution in [3.63, 3.8) is 0 Å². The van der Waals surface area contributed by atoms with Gasteiger partial charge in [-0.15, -0.1) is 0 Å². The van der Waals surface area contributed by atoms with Crippen molar-refractivity contribution in [2.45, 2.75) is 32.3 Å². The quantitative estimate of drug-likeness (QED) is 0.905. The molecule has 4 heteroatoms. The van der Waals surface area contributed by atoms with Crippen LogP contribution in [0.15, 0.2) is 12.1 Å². The van der Waals surface area contributed by atoms with Gasteiger partial charge in [0.1, 0.15) is 11.9 Å². The summed E-state index contributed by atoms with van der Waals surface area (Å²) in [6.45, 7) is 4.17. The summed E-state index contributed by atoms with van der Waals surface area (Å²) >= 11 is 12.3. The number of ether oxygens (including phenoxy) is 1. The molecular weight excluding hydrogens is 281 g/mol. The average molecular weight is 300 g/mol. The van der Waals surface area contributed by atoms with Crippen LogP contribution >= 0.6 is 23.2 Å². The van der Waals surface area contributed by atoms with Crippen LogP contribution in [-0.2, 0) is 0 Å². The van der Waals surface area contributed by atoms with Crippen LogP contribution in [0.3, 0.4) is 0 Å². The summed E-state index contributed by atoms with van der Waals surface area (Å²) < 4.78 is 6.31. The fourth-order valence-corrected chi connectivity index (χ4v) is 3.57. The maximum atomic E-state index is 6.31. The lowest BCUT2D eigenvalue weighted by atomic mass is 9.97. The summed E-state index contributed by atoms with van der Waals surface area (Å²) in [7, 11) is 0. The normalized spacial score (nSPS) is 24.5. The molecule has 2 nitrogen and oxygen atoms in total. The molecule has 0 amide bonds. The Labute approximate surface area is 124 Å². The lowest BCUT2D eigenvalue weighted by Crippen LogP contribution is -2.31. The molecule has 2 fully saturated rings. The minimum Gasteiger partial charge on any atom is -0.488 e. The molecule has 0 spiro atoms. The van der Waals surface area contributed by atoms with E-state index in [1.807, 2.05) is 13.0 Å². The molecule has 3 rings (SSSR count). The molecule has 2 aliphatic rings. The highest BCUT2D eigenvalue weighted by molar-refractivity contribution is 6.35. The van der Waals surface area contributed by atoms with Gasteiger partial charge in [-0.05, 0) is 56.3 Å². The van der Waals surface area contributed by atoms with Gasteiger partial charge in [0, 0.05) is 17.5 Å². The molecule has 1 unspecified atom stereocenters. The highest BCUT2D eigenvalue weighted by Gasteiger charge is 2.39. The molecular formula is C15H19Cl2NO. The number of rotatable bonds is 4. The molecule has 1 aliphatic carbocycles. The Hall–Kier alpha value is -0.440. The van der Waals surface area contributed by atoms with Crippen LogP contribution in [0.4, 0.5) is 0 Å². The van der Waals surface area contributed by atoms with Crippen LogP contribution in [0.5, 0.6) is 5.75 Å². The second-order valence-corrected chi connectivity index (χ2v) is 6.55. The topological polar surface area (TPSA) is 21.3 Å². The zero-order valence-electron chi connectivity index (χ0n) is 11.1. The van der Waals surface area contributed by atoms with Crippen molar-refractivity contribution >= 4 is 23.2 Å². The van der Waals surface area contributed by atoms with E-state index in [2.05, 4.69) is 5.32 Å². The third-order valence-electron chi connectivity index (χ3n) is 4.10. The predicted octanol–water partition coefficient (Wildman–Crippen LogP) is 4.07. The summed E-state index contributed by atoms with van der Waals surface area (Å²) in [5.74, 6) is 2.13. The van der Waals surface area contributed by atoms with Gasteiger partial charge < -0.3 is 10.1 Å². The smallest absolute Gasteiger partial charge is 0.141 e. The summed E-state index contributed by atoms with van der Waals surface area (Å²) in [5.41, 5.74) is 1.02. The lowest BCUT2D eigenvalue weighted by molar-refractivity contribution is 0.120. The first-order chi connectivity index (χ1) is 9.15. The van der Waals surface area contributed by atoms with Gasteiger partial charge in [0.15, 0.2) is 0 Å². The van der Waals surface area contributed by atoms with Gasteiger partial charge in [0.05, 0.1) is 5.02 Å². The molecule has 1 saturated carbocycles. The minimum atomic E-state index is 0.298. The molecule has 0 bridgehead atoms. The van der Waals surface area contributed by atoms with Crippen LogP contribution in [0.2, 0.25) is 10.0 Å². The Morgan fingerprint density at radius 1 is 1.21 bits per heavy atom. The van der Waals surface area contributed by atoms with E-state index in [1.165, 1.54) is 19.3 Å². The maximum Gasteiger partial charge on any atom is 0.141 e. The van der Waals surface area contributed by atoms with Gasteiger partial charge >= 0.3 is 0 Å². The van der Waals surface area contributed by atoms with Crippen LogP contribution in [0.1, 0.15) is 24.8 Å². The highest BCUT2D eigenvalue weighted by atomic mass is 35.5. The second-order valence-electron chi connectivity index (χ2n) is 5.71. The van der Waals surface area contributed by atoms with Crippen molar-refractivity contribution < 1.29 is 4.74 Å². The summed E-state index contributed by atoms with van der Waals surface area (Å²) in [5, 5.41) is 4.72. The molecule has 1 aliphatic heterocycles. The molecule has 1 saturated heterocycles. The number of nitrogens with one attached hydrogen (secondary N) is 1. The first-order valence-corrected chi connectivity index (χ1v) is 7.74. The van der Waals surface area contributed by atoms with E-state index in [4.69, 9.17) is 27.9 Å². The Kier molecular flexibility index (Phi) is 3.93. The molecule has 0 aromatic heterocycles. The first-order valence-electron chi connectivity index (χ1n) is 6.98. The van der Waals surface area contributed by atoms with Crippen LogP contribution in [0, 0.1) is 18.8 Å². The zero-order valence-corrected chi connectivity index (χ0v) is 12.6. The summed E-state index contributed by atoms with van der Waals surface area (Å²) in [6.07, 6.45) is 4.06. The molecule has 104 valence electrons. The zero-order chi connectivity index (χ0) is 13.4. The van der Waals surface area contributed by atoms with Gasteiger partial charge in [-0.3, -0.25) is 0 Å². The van der Waals surface area contributed by atoms with Gasteiger partial charge in [-0.2, -0.15) is 0 Å². The Morgan fingerprint density at radius 3 is 2.58 bits per heavy atom.